The van der Waals surface area contributed by atoms with Gasteiger partial charge in [-0.3, -0.25) is 28.8 Å². The van der Waals surface area contributed by atoms with E-state index in [0.29, 0.717) is 57.7 Å². The first-order valence-electron chi connectivity index (χ1n) is 40.6. The normalized spacial score (nSPS) is 11.6. The number of unbranched alkanes of at least 4 members (excludes halogenated alkanes) is 18. The van der Waals surface area contributed by atoms with Gasteiger partial charge in [-0.05, 0) is 116 Å². The zero-order chi connectivity index (χ0) is 85.7. The summed E-state index contributed by atoms with van der Waals surface area (Å²) in [6.07, 6.45) is 30.4. The Balaban J connectivity index is 0.000000609. The molecular weight excluding hydrogens is 1560 g/mol. The fraction of sp³-hybridized carbons (Fsp3) is 0.659. The third-order valence-electron chi connectivity index (χ3n) is 16.6. The van der Waals surface area contributed by atoms with Crippen LogP contribution in [0.4, 0.5) is 11.9 Å². The Hall–Kier alpha value is -8.26. The average Bonchev–Trinajstić information content (AvgIpc) is 0.826. The van der Waals surface area contributed by atoms with E-state index in [9.17, 15) is 55.2 Å². The number of aromatic nitrogens is 4. The summed E-state index contributed by atoms with van der Waals surface area (Å²) in [7, 11) is -7.95. The van der Waals surface area contributed by atoms with Crippen LogP contribution in [0.1, 0.15) is 235 Å². The molecule has 4 rings (SSSR count). The number of amides is 2. The molecule has 4 aromatic rings. The predicted octanol–water partition coefficient (Wildman–Crippen LogP) is 11.2. The monoisotopic (exact) mass is 1690 g/mol. The van der Waals surface area contributed by atoms with Crippen LogP contribution in [0.5, 0.6) is 5.75 Å². The van der Waals surface area contributed by atoms with Crippen molar-refractivity contribution in [2.75, 3.05) is 135 Å². The number of hydrogen-bond donors (Lipinski definition) is 6. The van der Waals surface area contributed by atoms with E-state index in [1.807, 2.05) is 41.5 Å². The second kappa shape index (κ2) is 62.0. The van der Waals surface area contributed by atoms with E-state index in [1.54, 1.807) is 36.4 Å². The van der Waals surface area contributed by atoms with Gasteiger partial charge in [0.2, 0.25) is 11.9 Å². The maximum Gasteiger partial charge on any atom is 0.329 e. The second-order valence-corrected chi connectivity index (χ2v) is 32.9. The third-order valence-corrected chi connectivity index (χ3v) is 19.3. The van der Waals surface area contributed by atoms with Crippen LogP contribution >= 0.6 is 0 Å². The summed E-state index contributed by atoms with van der Waals surface area (Å²) < 4.78 is 115. The predicted molar refractivity (Wildman–Crippen MR) is 436 cm³/mol. The summed E-state index contributed by atoms with van der Waals surface area (Å²) in [6.45, 7) is 14.1. The second-order valence-electron chi connectivity index (χ2n) is 29.5. The average molecular weight is 1690 g/mol. The van der Waals surface area contributed by atoms with Crippen molar-refractivity contribution in [2.24, 2.45) is 0 Å². The van der Waals surface area contributed by atoms with Crippen LogP contribution in [0, 0.1) is 0 Å². The maximum absolute atomic E-state index is 13.0. The van der Waals surface area contributed by atoms with Crippen LogP contribution in [0.3, 0.4) is 0 Å². The lowest BCUT2D eigenvalue weighted by molar-refractivity contribution is -0.156. The molecule has 2 heterocycles. The summed E-state index contributed by atoms with van der Waals surface area (Å²) in [5.41, 5.74) is 0.476. The van der Waals surface area contributed by atoms with E-state index in [2.05, 4.69) is 40.0 Å². The number of aryl methyl sites for hydroxylation is 1. The molecule has 6 N–H and O–H groups in total. The van der Waals surface area contributed by atoms with Gasteiger partial charge in [-0.25, -0.2) is 55.8 Å². The molecule has 33 nitrogen and oxygen atoms in total. The largest absolute Gasteiger partial charge is 0.494 e. The number of Topliss-reactive ketones (excluding diaryl/α,β-unsaturated/α-hetero) is 2. The molecule has 2 aromatic carbocycles. The van der Waals surface area contributed by atoms with Gasteiger partial charge < -0.3 is 73.0 Å². The van der Waals surface area contributed by atoms with Crippen molar-refractivity contribution in [2.45, 2.75) is 236 Å². The number of hydrogen-bond acceptors (Lipinski definition) is 27. The molecular formula is C82H128N8O25S2. The van der Waals surface area contributed by atoms with Crippen LogP contribution in [-0.4, -0.2) is 231 Å². The van der Waals surface area contributed by atoms with Gasteiger partial charge in [0, 0.05) is 82.8 Å². The zero-order valence-electron chi connectivity index (χ0n) is 69.3. The molecule has 117 heavy (non-hydrogen) atoms. The van der Waals surface area contributed by atoms with Gasteiger partial charge in [-0.1, -0.05) is 121 Å². The first kappa shape index (κ1) is 103. The summed E-state index contributed by atoms with van der Waals surface area (Å²) in [5, 5.41) is 22.3. The quantitative estimate of drug-likeness (QED) is 0.0177. The molecule has 0 spiro atoms. The van der Waals surface area contributed by atoms with Gasteiger partial charge in [0.05, 0.1) is 93.6 Å². The van der Waals surface area contributed by atoms with Gasteiger partial charge in [-0.15, -0.1) is 0 Å². The highest BCUT2D eigenvalue weighted by molar-refractivity contribution is 7.93. The Bertz CT molecular complexity index is 3680. The van der Waals surface area contributed by atoms with E-state index < -0.39 is 55.0 Å². The Labute approximate surface area is 690 Å². The van der Waals surface area contributed by atoms with E-state index in [0.717, 1.165) is 89.0 Å². The molecule has 2 aromatic heterocycles. The fourth-order valence-electron chi connectivity index (χ4n) is 10.8. The molecule has 0 radical (unpaired) electrons. The number of rotatable bonds is 69. The first-order chi connectivity index (χ1) is 56.0. The smallest absolute Gasteiger partial charge is 0.329 e. The number of carboxylic acids is 2. The minimum absolute atomic E-state index is 0.00308. The van der Waals surface area contributed by atoms with Crippen molar-refractivity contribution < 1.29 is 118 Å². The number of carbonyl (C=O) groups excluding carboxylic acids is 6. The summed E-state index contributed by atoms with van der Waals surface area (Å²) in [4.78, 5) is 109. The number of sulfonamides is 2. The number of carboxylic acid groups (broad SMARTS) is 2. The molecule has 2 amide bonds. The molecule has 0 atom stereocenters. The Morgan fingerprint density at radius 3 is 1.11 bits per heavy atom. The van der Waals surface area contributed by atoms with Crippen LogP contribution in [0.25, 0.3) is 0 Å². The number of aliphatic carboxylic acids is 2. The number of ether oxygens (including phenoxy) is 11. The standard InChI is InChI=1S/C44H70N4O13S.C38H58N4O12S/c1-44(2,3)61-41(52)22-15-13-11-9-7-5-4-6-8-10-12-14-16-25-60-38-20-17-21-39(31-38)62(54,55)48-43-46-32-36(33-47-43)42(53)45-23-26-57-28-29-58-34-37(49)19-18-24-56-27-30-59-35-40(50)51;1-38(2,3)54-35(46)14-10-8-6-4-5-7-9-12-30-15-17-33(18-16-30)55(48,49)42-37-40-26-31(27-41-37)36(47)39-19-21-51-23-24-52-28-32(43)13-11-20-50-22-25-53-29-34(44)45/h17,20-21,31-33H,4-16,18-19,22-30,34-35H2,1-3H3,(H,45,53)(H,50,51)(H,46,47,48);15-18,26-27H,4-14,19-25,28-29H2,1-3H3,(H,39,47)(H,44,45)(H,40,41,42). The van der Waals surface area contributed by atoms with E-state index in [-0.39, 0.29) is 168 Å². The molecule has 0 fully saturated rings. The lowest BCUT2D eigenvalue weighted by Crippen LogP contribution is -2.28. The number of benzene rings is 2. The van der Waals surface area contributed by atoms with Crippen LogP contribution < -0.4 is 24.8 Å². The fourth-order valence-corrected chi connectivity index (χ4v) is 12.8. The van der Waals surface area contributed by atoms with Crippen LogP contribution in [0.15, 0.2) is 83.1 Å². The molecule has 35 heteroatoms. The first-order valence-corrected chi connectivity index (χ1v) is 43.6. The lowest BCUT2D eigenvalue weighted by Gasteiger charge is -2.19. The Kier molecular flexibility index (Phi) is 54.5. The zero-order valence-corrected chi connectivity index (χ0v) is 71.0. The molecule has 0 aliphatic rings. The van der Waals surface area contributed by atoms with E-state index in [1.165, 1.54) is 88.3 Å². The maximum atomic E-state index is 13.0. The van der Waals surface area contributed by atoms with Crippen molar-refractivity contribution in [3.63, 3.8) is 0 Å². The van der Waals surface area contributed by atoms with Crippen molar-refractivity contribution in [3.05, 3.63) is 90.0 Å². The molecule has 0 aliphatic heterocycles. The summed E-state index contributed by atoms with van der Waals surface area (Å²) >= 11 is 0. The Morgan fingerprint density at radius 2 is 0.718 bits per heavy atom. The summed E-state index contributed by atoms with van der Waals surface area (Å²) in [6, 6.07) is 12.9. The number of nitrogens with one attached hydrogen (secondary N) is 4. The van der Waals surface area contributed by atoms with Gasteiger partial charge in [0.15, 0.2) is 11.6 Å². The van der Waals surface area contributed by atoms with Gasteiger partial charge in [-0.2, -0.15) is 0 Å². The number of ketones is 2. The van der Waals surface area contributed by atoms with Crippen LogP contribution in [0.2, 0.25) is 0 Å². The molecule has 0 saturated heterocycles. The minimum atomic E-state index is -4.02. The van der Waals surface area contributed by atoms with Crippen molar-refractivity contribution >= 4 is 79.2 Å². The Morgan fingerprint density at radius 1 is 0.368 bits per heavy atom. The highest BCUT2D eigenvalue weighted by atomic mass is 32.2. The van der Waals surface area contributed by atoms with Crippen molar-refractivity contribution in [1.29, 1.82) is 0 Å². The minimum Gasteiger partial charge on any atom is -0.494 e. The van der Waals surface area contributed by atoms with Gasteiger partial charge in [0.25, 0.3) is 31.9 Å². The SMILES string of the molecule is CC(C)(C)OC(=O)CCCCCCCCCCCCCCCOc1cccc(S(=O)(=O)Nc2ncc(C(=O)NCCOCCOCC(=O)CCCOCCOCC(=O)O)cn2)c1.CC(C)(C)OC(=O)CCCCCCCCCc1ccc(S(=O)(=O)Nc2ncc(C(=O)NCCOCCOCC(=O)CCCOCCOCC(=O)O)cn2)cc1. The van der Waals surface area contributed by atoms with E-state index in [4.69, 9.17) is 62.3 Å². The number of carbonyl (C=O) groups is 8. The molecule has 0 aliphatic carbocycles. The highest BCUT2D eigenvalue weighted by Crippen LogP contribution is 2.23. The van der Waals surface area contributed by atoms with Crippen molar-refractivity contribution in [3.8, 4) is 5.75 Å². The molecule has 0 bridgehead atoms. The highest BCUT2D eigenvalue weighted by Gasteiger charge is 2.21. The molecule has 0 unspecified atom stereocenters. The summed E-state index contributed by atoms with van der Waals surface area (Å²) in [5.74, 6) is -3.31. The van der Waals surface area contributed by atoms with Gasteiger partial charge in [0.1, 0.15) is 43.4 Å². The number of nitrogens with zero attached hydrogens (tertiary/aromatic N) is 4. The number of anilines is 2. The molecule has 0 saturated carbocycles. The molecule has 658 valence electrons. The van der Waals surface area contributed by atoms with Crippen molar-refractivity contribution in [1.82, 2.24) is 30.6 Å². The third kappa shape index (κ3) is 55.9. The number of esters is 2. The topological polar surface area (TPSA) is 447 Å². The van der Waals surface area contributed by atoms with Gasteiger partial charge >= 0.3 is 23.9 Å². The lowest BCUT2D eigenvalue weighted by atomic mass is 10.0. The van der Waals surface area contributed by atoms with Crippen LogP contribution in [-0.2, 0) is 103 Å². The van der Waals surface area contributed by atoms with E-state index >= 15 is 0 Å².